The highest BCUT2D eigenvalue weighted by atomic mass is 16.5. The molecule has 2 N–H and O–H groups in total. The first-order valence-electron chi connectivity index (χ1n) is 11.5. The Labute approximate surface area is 205 Å². The van der Waals surface area contributed by atoms with Gasteiger partial charge in [0.1, 0.15) is 11.5 Å². The average molecular weight is 477 g/mol. The van der Waals surface area contributed by atoms with Crippen molar-refractivity contribution in [1.29, 1.82) is 0 Å². The van der Waals surface area contributed by atoms with Gasteiger partial charge in [-0.15, -0.1) is 0 Å². The normalized spacial score (nSPS) is 12.2. The number of methoxy groups -OCH3 is 2. The van der Waals surface area contributed by atoms with E-state index in [0.717, 1.165) is 33.7 Å². The highest BCUT2D eigenvalue weighted by molar-refractivity contribution is 5.82. The molecule has 0 saturated carbocycles. The van der Waals surface area contributed by atoms with Gasteiger partial charge in [0.15, 0.2) is 0 Å². The number of rotatable bonds is 10. The molecule has 2 aromatic heterocycles. The van der Waals surface area contributed by atoms with Crippen molar-refractivity contribution in [3.05, 3.63) is 55.0 Å². The summed E-state index contributed by atoms with van der Waals surface area (Å²) in [6, 6.07) is 11.8. The number of aromatic nitrogens is 4. The number of nitrogens with one attached hydrogen (secondary N) is 1. The second-order valence-corrected chi connectivity index (χ2v) is 8.73. The summed E-state index contributed by atoms with van der Waals surface area (Å²) in [5.74, 6) is 1.33. The molecule has 0 aliphatic rings. The minimum atomic E-state index is -0.613. The van der Waals surface area contributed by atoms with Crippen LogP contribution in [0.15, 0.2) is 55.0 Å². The van der Waals surface area contributed by atoms with Crippen molar-refractivity contribution in [2.45, 2.75) is 26.0 Å². The Morgan fingerprint density at radius 3 is 2.37 bits per heavy atom. The predicted molar refractivity (Wildman–Crippen MR) is 137 cm³/mol. The first kappa shape index (κ1) is 24.4. The van der Waals surface area contributed by atoms with E-state index in [0.29, 0.717) is 24.6 Å². The Morgan fingerprint density at radius 2 is 1.74 bits per heavy atom. The summed E-state index contributed by atoms with van der Waals surface area (Å²) in [5.41, 5.74) is 4.88. The van der Waals surface area contributed by atoms with Gasteiger partial charge in [0.05, 0.1) is 56.0 Å². The molecule has 0 radical (unpaired) electrons. The van der Waals surface area contributed by atoms with Crippen molar-refractivity contribution < 1.29 is 14.6 Å². The molecule has 0 aliphatic heterocycles. The van der Waals surface area contributed by atoms with Crippen LogP contribution < -0.4 is 19.7 Å². The Bertz CT molecular complexity index is 1270. The molecule has 4 aromatic rings. The van der Waals surface area contributed by atoms with Gasteiger partial charge in [-0.3, -0.25) is 9.67 Å². The largest absolute Gasteiger partial charge is 0.497 e. The van der Waals surface area contributed by atoms with E-state index in [-0.39, 0.29) is 6.04 Å². The smallest absolute Gasteiger partial charge is 0.124 e. The SMILES string of the molecule is COc1cc(OC)cc(N(CC(O)CNC(C)C)c2ccc3ncc(-c4cnn(C)c4)nc3c2)c1. The molecule has 2 aromatic carbocycles. The predicted octanol–water partition coefficient (Wildman–Crippen LogP) is 3.54. The van der Waals surface area contributed by atoms with Crippen LogP contribution in [0.25, 0.3) is 22.3 Å². The van der Waals surface area contributed by atoms with Crippen LogP contribution in [0.5, 0.6) is 11.5 Å². The zero-order valence-corrected chi connectivity index (χ0v) is 20.8. The topological polar surface area (TPSA) is 97.6 Å². The van der Waals surface area contributed by atoms with Gasteiger partial charge in [0, 0.05) is 61.0 Å². The maximum Gasteiger partial charge on any atom is 0.124 e. The summed E-state index contributed by atoms with van der Waals surface area (Å²) in [4.78, 5) is 11.5. The summed E-state index contributed by atoms with van der Waals surface area (Å²) in [7, 11) is 5.11. The van der Waals surface area contributed by atoms with Crippen molar-refractivity contribution in [3.8, 4) is 22.8 Å². The van der Waals surface area contributed by atoms with E-state index in [2.05, 4.69) is 29.2 Å². The zero-order valence-electron chi connectivity index (χ0n) is 20.8. The number of fused-ring (bicyclic) bond motifs is 1. The summed E-state index contributed by atoms with van der Waals surface area (Å²) in [6.45, 7) is 4.93. The number of hydrogen-bond acceptors (Lipinski definition) is 8. The van der Waals surface area contributed by atoms with Crippen LogP contribution in [0.2, 0.25) is 0 Å². The number of aryl methyl sites for hydroxylation is 1. The van der Waals surface area contributed by atoms with E-state index in [9.17, 15) is 5.11 Å². The van der Waals surface area contributed by atoms with Crippen LogP contribution >= 0.6 is 0 Å². The fourth-order valence-electron chi connectivity index (χ4n) is 3.82. The van der Waals surface area contributed by atoms with Crippen LogP contribution in [0.4, 0.5) is 11.4 Å². The van der Waals surface area contributed by atoms with Crippen LogP contribution in [-0.4, -0.2) is 64.3 Å². The molecule has 35 heavy (non-hydrogen) atoms. The quantitative estimate of drug-likeness (QED) is 0.359. The van der Waals surface area contributed by atoms with Gasteiger partial charge in [0.2, 0.25) is 0 Å². The molecule has 0 spiro atoms. The fourth-order valence-corrected chi connectivity index (χ4v) is 3.82. The lowest BCUT2D eigenvalue weighted by molar-refractivity contribution is 0.176. The second-order valence-electron chi connectivity index (χ2n) is 8.73. The third kappa shape index (κ3) is 5.87. The molecule has 4 rings (SSSR count). The number of ether oxygens (including phenoxy) is 2. The van der Waals surface area contributed by atoms with Crippen LogP contribution in [0.1, 0.15) is 13.8 Å². The molecule has 1 unspecified atom stereocenters. The van der Waals surface area contributed by atoms with Gasteiger partial charge >= 0.3 is 0 Å². The van der Waals surface area contributed by atoms with E-state index in [4.69, 9.17) is 14.5 Å². The van der Waals surface area contributed by atoms with E-state index in [1.54, 1.807) is 31.3 Å². The number of anilines is 2. The molecule has 0 bridgehead atoms. The van der Waals surface area contributed by atoms with Crippen molar-refractivity contribution in [2.75, 3.05) is 32.2 Å². The number of aliphatic hydroxyl groups is 1. The van der Waals surface area contributed by atoms with Crippen LogP contribution in [0.3, 0.4) is 0 Å². The summed E-state index contributed by atoms with van der Waals surface area (Å²) in [5, 5.41) is 18.4. The molecule has 0 amide bonds. The van der Waals surface area contributed by atoms with Crippen molar-refractivity contribution >= 4 is 22.4 Å². The highest BCUT2D eigenvalue weighted by Crippen LogP contribution is 2.34. The average Bonchev–Trinajstić information content (AvgIpc) is 3.31. The maximum absolute atomic E-state index is 10.8. The summed E-state index contributed by atoms with van der Waals surface area (Å²) in [6.07, 6.45) is 4.82. The second kappa shape index (κ2) is 10.7. The lowest BCUT2D eigenvalue weighted by Gasteiger charge is -2.29. The number of benzene rings is 2. The first-order chi connectivity index (χ1) is 16.9. The minimum Gasteiger partial charge on any atom is -0.497 e. The summed E-state index contributed by atoms with van der Waals surface area (Å²) < 4.78 is 12.7. The first-order valence-corrected chi connectivity index (χ1v) is 11.5. The van der Waals surface area contributed by atoms with E-state index in [1.165, 1.54) is 0 Å². The van der Waals surface area contributed by atoms with Crippen molar-refractivity contribution in [1.82, 2.24) is 25.1 Å². The van der Waals surface area contributed by atoms with Gasteiger partial charge in [-0.25, -0.2) is 4.98 Å². The molecular weight excluding hydrogens is 444 g/mol. The van der Waals surface area contributed by atoms with Crippen molar-refractivity contribution in [2.24, 2.45) is 7.05 Å². The lowest BCUT2D eigenvalue weighted by Crippen LogP contribution is -2.38. The molecule has 2 heterocycles. The molecule has 0 saturated heterocycles. The fraction of sp³-hybridized carbons (Fsp3) is 0.346. The third-order valence-corrected chi connectivity index (χ3v) is 5.64. The van der Waals surface area contributed by atoms with Crippen LogP contribution in [-0.2, 0) is 7.05 Å². The zero-order chi connectivity index (χ0) is 24.9. The number of nitrogens with zero attached hydrogens (tertiary/aromatic N) is 5. The van der Waals surface area contributed by atoms with Gasteiger partial charge < -0.3 is 24.8 Å². The maximum atomic E-state index is 10.8. The number of hydrogen-bond donors (Lipinski definition) is 2. The third-order valence-electron chi connectivity index (χ3n) is 5.64. The lowest BCUT2D eigenvalue weighted by atomic mass is 10.1. The molecule has 1 atom stereocenters. The molecule has 9 heteroatoms. The minimum absolute atomic E-state index is 0.275. The summed E-state index contributed by atoms with van der Waals surface area (Å²) >= 11 is 0. The van der Waals surface area contributed by atoms with Gasteiger partial charge in [-0.2, -0.15) is 5.10 Å². The monoisotopic (exact) mass is 476 g/mol. The van der Waals surface area contributed by atoms with Gasteiger partial charge in [0.25, 0.3) is 0 Å². The Kier molecular flexibility index (Phi) is 7.48. The van der Waals surface area contributed by atoms with Crippen LogP contribution in [0, 0.1) is 0 Å². The Morgan fingerprint density at radius 1 is 1.00 bits per heavy atom. The molecular formula is C26H32N6O3. The molecule has 9 nitrogen and oxygen atoms in total. The molecule has 0 aliphatic carbocycles. The van der Waals surface area contributed by atoms with Crippen molar-refractivity contribution in [3.63, 3.8) is 0 Å². The molecule has 0 fully saturated rings. The Balaban J connectivity index is 1.76. The van der Waals surface area contributed by atoms with E-state index >= 15 is 0 Å². The highest BCUT2D eigenvalue weighted by Gasteiger charge is 2.18. The Hall–Kier alpha value is -3.69. The number of aliphatic hydroxyl groups excluding tert-OH is 1. The van der Waals surface area contributed by atoms with E-state index in [1.807, 2.05) is 54.5 Å². The van der Waals surface area contributed by atoms with Gasteiger partial charge in [-0.1, -0.05) is 13.8 Å². The van der Waals surface area contributed by atoms with Gasteiger partial charge in [-0.05, 0) is 18.2 Å². The molecule has 184 valence electrons. The standard InChI is InChI=1S/C26H32N6O3/c1-17(2)27-13-21(33)16-32(20-8-22(34-4)11-23(9-20)35-5)19-6-7-24-25(10-19)30-26(14-28-24)18-12-29-31(3)15-18/h6-12,14-15,17,21,27,33H,13,16H2,1-5H3. The van der Waals surface area contributed by atoms with E-state index < -0.39 is 6.10 Å².